The molecule has 3 N–H and O–H groups in total. The van der Waals surface area contributed by atoms with E-state index in [1.54, 1.807) is 4.90 Å². The molecule has 2 atom stereocenters. The second kappa shape index (κ2) is 8.33. The average Bonchev–Trinajstić information content (AvgIpc) is 3.34. The fraction of sp³-hybridized carbons (Fsp3) is 0.609. The smallest absolute Gasteiger partial charge is 0.255 e. The van der Waals surface area contributed by atoms with Crippen molar-refractivity contribution in [2.45, 2.75) is 63.3 Å². The summed E-state index contributed by atoms with van der Waals surface area (Å²) in [6.45, 7) is 5.60. The third kappa shape index (κ3) is 4.12. The number of piperidine rings is 2. The lowest BCUT2D eigenvalue weighted by atomic mass is 10.0. The summed E-state index contributed by atoms with van der Waals surface area (Å²) < 4.78 is 0. The van der Waals surface area contributed by atoms with Gasteiger partial charge in [0.2, 0.25) is 11.8 Å². The molecule has 31 heavy (non-hydrogen) atoms. The van der Waals surface area contributed by atoms with Crippen molar-refractivity contribution in [2.75, 3.05) is 26.2 Å². The van der Waals surface area contributed by atoms with Crippen LogP contribution in [-0.4, -0.2) is 76.7 Å². The second-order valence-corrected chi connectivity index (χ2v) is 9.44. The Hall–Kier alpha value is -2.29. The molecule has 0 saturated carbocycles. The quantitative estimate of drug-likeness (QED) is 0.680. The molecule has 8 nitrogen and oxygen atoms in total. The summed E-state index contributed by atoms with van der Waals surface area (Å²) in [4.78, 5) is 43.4. The molecule has 3 saturated heterocycles. The van der Waals surface area contributed by atoms with E-state index >= 15 is 0 Å². The van der Waals surface area contributed by atoms with E-state index < -0.39 is 6.04 Å². The summed E-state index contributed by atoms with van der Waals surface area (Å²) >= 11 is 0. The second-order valence-electron chi connectivity index (χ2n) is 9.44. The molecular weight excluding hydrogens is 394 g/mol. The Labute approximate surface area is 182 Å². The van der Waals surface area contributed by atoms with Gasteiger partial charge >= 0.3 is 0 Å². The summed E-state index contributed by atoms with van der Waals surface area (Å²) in [7, 11) is 0. The Morgan fingerprint density at radius 1 is 1.03 bits per heavy atom. The van der Waals surface area contributed by atoms with Crippen molar-refractivity contribution >= 4 is 17.7 Å². The van der Waals surface area contributed by atoms with Gasteiger partial charge in [0, 0.05) is 50.2 Å². The van der Waals surface area contributed by atoms with Crippen LogP contribution in [0.15, 0.2) is 18.2 Å². The average molecular weight is 426 g/mol. The molecule has 0 bridgehead atoms. The number of nitrogens with zero attached hydrogens (tertiary/aromatic N) is 3. The minimum Gasteiger partial charge on any atom is -0.328 e. The minimum atomic E-state index is -0.557. The predicted molar refractivity (Wildman–Crippen MR) is 115 cm³/mol. The van der Waals surface area contributed by atoms with E-state index in [0.717, 1.165) is 56.7 Å². The zero-order valence-corrected chi connectivity index (χ0v) is 17.9. The van der Waals surface area contributed by atoms with Crippen molar-refractivity contribution in [3.8, 4) is 0 Å². The summed E-state index contributed by atoms with van der Waals surface area (Å²) in [6, 6.07) is 6.53. The third-order valence-electron chi connectivity index (χ3n) is 7.34. The number of likely N-dealkylation sites (tertiary alicyclic amines) is 2. The highest BCUT2D eigenvalue weighted by Gasteiger charge is 2.39. The van der Waals surface area contributed by atoms with Crippen LogP contribution < -0.4 is 11.1 Å². The summed E-state index contributed by atoms with van der Waals surface area (Å²) in [5.41, 5.74) is 8.84. The molecule has 1 aromatic carbocycles. The number of imide groups is 1. The van der Waals surface area contributed by atoms with Crippen molar-refractivity contribution in [1.29, 1.82) is 0 Å². The lowest BCUT2D eigenvalue weighted by Crippen LogP contribution is -2.52. The zero-order valence-electron chi connectivity index (χ0n) is 17.9. The van der Waals surface area contributed by atoms with Crippen molar-refractivity contribution in [3.63, 3.8) is 0 Å². The number of nitrogens with one attached hydrogen (secondary N) is 1. The Morgan fingerprint density at radius 2 is 1.84 bits per heavy atom. The largest absolute Gasteiger partial charge is 0.328 e. The highest BCUT2D eigenvalue weighted by molar-refractivity contribution is 6.05. The van der Waals surface area contributed by atoms with Crippen LogP contribution in [0.5, 0.6) is 0 Å². The molecule has 0 radical (unpaired) electrons. The number of amides is 3. The molecule has 166 valence electrons. The van der Waals surface area contributed by atoms with Gasteiger partial charge in [-0.25, -0.2) is 0 Å². The van der Waals surface area contributed by atoms with E-state index in [1.807, 2.05) is 12.1 Å². The zero-order chi connectivity index (χ0) is 21.5. The van der Waals surface area contributed by atoms with Gasteiger partial charge in [0.15, 0.2) is 0 Å². The number of nitrogens with two attached hydrogens (primary N) is 1. The van der Waals surface area contributed by atoms with Crippen molar-refractivity contribution < 1.29 is 14.4 Å². The number of rotatable bonds is 4. The van der Waals surface area contributed by atoms with E-state index in [4.69, 9.17) is 5.73 Å². The first-order valence-electron chi connectivity index (χ1n) is 11.5. The van der Waals surface area contributed by atoms with E-state index in [9.17, 15) is 14.4 Å². The molecule has 5 rings (SSSR count). The number of benzene rings is 1. The number of carbonyl (C=O) groups is 3. The highest BCUT2D eigenvalue weighted by atomic mass is 16.2. The molecule has 8 heteroatoms. The van der Waals surface area contributed by atoms with E-state index in [2.05, 4.69) is 21.2 Å². The summed E-state index contributed by atoms with van der Waals surface area (Å²) in [6.07, 6.45) is 4.04. The van der Waals surface area contributed by atoms with Crippen LogP contribution >= 0.6 is 0 Å². The first-order chi connectivity index (χ1) is 15.0. The predicted octanol–water partition coefficient (Wildman–Crippen LogP) is 0.445. The van der Waals surface area contributed by atoms with Gasteiger partial charge in [-0.15, -0.1) is 0 Å². The SMILES string of the molecule is NC1CCN(C2CCN(Cc3ccc4c(c3)C(=O)N(C3CCC(=O)NC3=O)C4)C2)CC1. The van der Waals surface area contributed by atoms with Gasteiger partial charge in [0.1, 0.15) is 6.04 Å². The van der Waals surface area contributed by atoms with Gasteiger partial charge in [0.25, 0.3) is 5.91 Å². The molecule has 4 aliphatic heterocycles. The summed E-state index contributed by atoms with van der Waals surface area (Å²) in [5, 5.41) is 2.36. The van der Waals surface area contributed by atoms with Crippen LogP contribution in [0.2, 0.25) is 0 Å². The first kappa shape index (κ1) is 20.6. The van der Waals surface area contributed by atoms with Crippen LogP contribution in [0.3, 0.4) is 0 Å². The standard InChI is InChI=1S/C23H31N5O3/c24-17-5-9-27(10-6-17)18-7-8-26(14-18)12-15-1-2-16-13-28(23(31)19(16)11-15)20-3-4-21(29)25-22(20)30/h1-2,11,17-18,20H,3-10,12-14,24H2,(H,25,29,30). The van der Waals surface area contributed by atoms with Crippen LogP contribution in [0.4, 0.5) is 0 Å². The molecule has 4 aliphatic rings. The van der Waals surface area contributed by atoms with Crippen LogP contribution in [0, 0.1) is 0 Å². The van der Waals surface area contributed by atoms with Gasteiger partial charge in [-0.1, -0.05) is 12.1 Å². The van der Waals surface area contributed by atoms with Gasteiger partial charge in [0.05, 0.1) is 0 Å². The lowest BCUT2D eigenvalue weighted by molar-refractivity contribution is -0.136. The molecule has 3 amide bonds. The number of carbonyl (C=O) groups excluding carboxylic acids is 3. The van der Waals surface area contributed by atoms with Crippen molar-refractivity contribution in [1.82, 2.24) is 20.0 Å². The molecular formula is C23H31N5O3. The van der Waals surface area contributed by atoms with Crippen LogP contribution in [-0.2, 0) is 22.7 Å². The van der Waals surface area contributed by atoms with Crippen LogP contribution in [0.25, 0.3) is 0 Å². The molecule has 0 aromatic heterocycles. The number of fused-ring (bicyclic) bond motifs is 1. The van der Waals surface area contributed by atoms with E-state index in [-0.39, 0.29) is 24.1 Å². The Bertz CT molecular complexity index is 895. The lowest BCUT2D eigenvalue weighted by Gasteiger charge is -2.34. The normalized spacial score (nSPS) is 28.3. The maximum absolute atomic E-state index is 13.0. The highest BCUT2D eigenvalue weighted by Crippen LogP contribution is 2.29. The van der Waals surface area contributed by atoms with Crippen molar-refractivity contribution in [2.24, 2.45) is 5.73 Å². The molecule has 3 fully saturated rings. The number of hydrogen-bond donors (Lipinski definition) is 2. The Morgan fingerprint density at radius 3 is 2.61 bits per heavy atom. The maximum atomic E-state index is 13.0. The monoisotopic (exact) mass is 425 g/mol. The number of hydrogen-bond acceptors (Lipinski definition) is 6. The van der Waals surface area contributed by atoms with Gasteiger partial charge < -0.3 is 10.6 Å². The Kier molecular flexibility index (Phi) is 5.54. The van der Waals surface area contributed by atoms with E-state index in [1.165, 1.54) is 6.42 Å². The van der Waals surface area contributed by atoms with Gasteiger partial charge in [-0.05, 0) is 56.0 Å². The topological polar surface area (TPSA) is 99.0 Å². The first-order valence-corrected chi connectivity index (χ1v) is 11.5. The third-order valence-corrected chi connectivity index (χ3v) is 7.34. The fourth-order valence-electron chi connectivity index (χ4n) is 5.50. The minimum absolute atomic E-state index is 0.102. The Balaban J connectivity index is 1.21. The van der Waals surface area contributed by atoms with Gasteiger partial charge in [-0.2, -0.15) is 0 Å². The van der Waals surface area contributed by atoms with Crippen LogP contribution in [0.1, 0.15) is 53.6 Å². The summed E-state index contributed by atoms with van der Waals surface area (Å²) in [5.74, 6) is -0.723. The van der Waals surface area contributed by atoms with Crippen molar-refractivity contribution in [3.05, 3.63) is 34.9 Å². The fourth-order valence-corrected chi connectivity index (χ4v) is 5.50. The van der Waals surface area contributed by atoms with Gasteiger partial charge in [-0.3, -0.25) is 29.5 Å². The molecule has 4 heterocycles. The maximum Gasteiger partial charge on any atom is 0.255 e. The van der Waals surface area contributed by atoms with E-state index in [0.29, 0.717) is 30.6 Å². The molecule has 1 aromatic rings. The molecule has 2 unspecified atom stereocenters. The molecule has 0 aliphatic carbocycles. The molecule has 0 spiro atoms.